The van der Waals surface area contributed by atoms with E-state index in [0.29, 0.717) is 18.9 Å². The predicted molar refractivity (Wildman–Crippen MR) is 95.7 cm³/mol. The van der Waals surface area contributed by atoms with Gasteiger partial charge in [0.1, 0.15) is 11.9 Å². The number of hydrogen-bond donors (Lipinski definition) is 2. The van der Waals surface area contributed by atoms with Crippen molar-refractivity contribution < 1.29 is 4.79 Å². The van der Waals surface area contributed by atoms with Gasteiger partial charge in [-0.25, -0.2) is 4.98 Å². The van der Waals surface area contributed by atoms with E-state index >= 15 is 0 Å². The summed E-state index contributed by atoms with van der Waals surface area (Å²) in [4.78, 5) is 20.4. The molecule has 0 fully saturated rings. The molecular weight excluding hydrogens is 300 g/mol. The number of amides is 1. The van der Waals surface area contributed by atoms with E-state index in [2.05, 4.69) is 29.1 Å². The zero-order valence-corrected chi connectivity index (χ0v) is 14.2. The molecule has 5 nitrogen and oxygen atoms in total. The molecule has 1 aromatic carbocycles. The lowest BCUT2D eigenvalue weighted by molar-refractivity contribution is -0.124. The Balaban J connectivity index is 1.59. The maximum absolute atomic E-state index is 12.6. The smallest absolute Gasteiger partial charge is 0.243 e. The molecule has 1 amide bonds. The number of aromatic amines is 1. The third kappa shape index (κ3) is 3.85. The Kier molecular flexibility index (Phi) is 4.99. The van der Waals surface area contributed by atoms with Gasteiger partial charge in [0.15, 0.2) is 0 Å². The van der Waals surface area contributed by atoms with Gasteiger partial charge in [0, 0.05) is 25.4 Å². The number of fused-ring (bicyclic) bond motifs is 1. The van der Waals surface area contributed by atoms with Gasteiger partial charge in [0.05, 0.1) is 11.0 Å². The van der Waals surface area contributed by atoms with Crippen LogP contribution in [0.1, 0.15) is 32.1 Å². The average molecular weight is 324 g/mol. The molecule has 3 rings (SSSR count). The van der Waals surface area contributed by atoms with Crippen molar-refractivity contribution in [3.8, 4) is 0 Å². The Labute approximate surface area is 142 Å². The summed E-state index contributed by atoms with van der Waals surface area (Å²) in [5, 5.41) is 3.05. The summed E-state index contributed by atoms with van der Waals surface area (Å²) in [6.07, 6.45) is 5.42. The highest BCUT2D eigenvalue weighted by Crippen LogP contribution is 2.18. The minimum absolute atomic E-state index is 0.0658. The van der Waals surface area contributed by atoms with Crippen molar-refractivity contribution in [2.24, 2.45) is 5.92 Å². The van der Waals surface area contributed by atoms with Crippen molar-refractivity contribution in [3.63, 3.8) is 0 Å². The normalized spacial score (nSPS) is 12.6. The molecular formula is C19H24N4O. The Morgan fingerprint density at radius 1 is 1.21 bits per heavy atom. The summed E-state index contributed by atoms with van der Waals surface area (Å²) in [7, 11) is 0. The molecule has 0 spiro atoms. The fraction of sp³-hybridized carbons (Fsp3) is 0.368. The van der Waals surface area contributed by atoms with Gasteiger partial charge >= 0.3 is 0 Å². The third-order valence-corrected chi connectivity index (χ3v) is 4.08. The first-order valence-corrected chi connectivity index (χ1v) is 8.47. The lowest BCUT2D eigenvalue weighted by Crippen LogP contribution is -2.34. The molecule has 0 aliphatic carbocycles. The van der Waals surface area contributed by atoms with Crippen LogP contribution in [-0.2, 0) is 11.2 Å². The minimum atomic E-state index is -0.157. The van der Waals surface area contributed by atoms with E-state index in [1.54, 1.807) is 0 Å². The first-order valence-electron chi connectivity index (χ1n) is 8.47. The van der Waals surface area contributed by atoms with Crippen LogP contribution in [-0.4, -0.2) is 27.0 Å². The number of carbonyl (C=O) groups is 1. The second-order valence-corrected chi connectivity index (χ2v) is 6.52. The Bertz CT molecular complexity index is 756. The van der Waals surface area contributed by atoms with Crippen LogP contribution in [0.4, 0.5) is 0 Å². The summed E-state index contributed by atoms with van der Waals surface area (Å²) < 4.78 is 1.98. The zero-order valence-electron chi connectivity index (χ0n) is 14.2. The monoisotopic (exact) mass is 324 g/mol. The molecule has 0 aliphatic rings. The Morgan fingerprint density at radius 2 is 1.96 bits per heavy atom. The van der Waals surface area contributed by atoms with Crippen LogP contribution < -0.4 is 5.32 Å². The average Bonchev–Trinajstić information content (AvgIpc) is 3.21. The Morgan fingerprint density at radius 3 is 2.67 bits per heavy atom. The minimum Gasteiger partial charge on any atom is -0.354 e. The van der Waals surface area contributed by atoms with E-state index in [-0.39, 0.29) is 11.9 Å². The molecule has 0 bridgehead atoms. The van der Waals surface area contributed by atoms with Gasteiger partial charge in [0.25, 0.3) is 0 Å². The van der Waals surface area contributed by atoms with Crippen LogP contribution in [0.5, 0.6) is 0 Å². The van der Waals surface area contributed by atoms with Crippen molar-refractivity contribution in [2.75, 3.05) is 6.54 Å². The number of H-pyrrole nitrogens is 1. The lowest BCUT2D eigenvalue weighted by atomic mass is 10.0. The van der Waals surface area contributed by atoms with Gasteiger partial charge in [-0.1, -0.05) is 26.0 Å². The van der Waals surface area contributed by atoms with Crippen LogP contribution in [0, 0.1) is 5.92 Å². The van der Waals surface area contributed by atoms with E-state index in [4.69, 9.17) is 0 Å². The highest BCUT2D eigenvalue weighted by molar-refractivity contribution is 5.80. The number of rotatable bonds is 7. The van der Waals surface area contributed by atoms with E-state index in [0.717, 1.165) is 23.3 Å². The summed E-state index contributed by atoms with van der Waals surface area (Å²) in [6, 6.07) is 11.7. The maximum atomic E-state index is 12.6. The number of nitrogens with zero attached hydrogens (tertiary/aromatic N) is 2. The zero-order chi connectivity index (χ0) is 16.9. The van der Waals surface area contributed by atoms with E-state index in [1.165, 1.54) is 0 Å². The first kappa shape index (κ1) is 16.3. The quantitative estimate of drug-likeness (QED) is 0.700. The molecule has 3 aromatic rings. The SMILES string of the molecule is CC(C)C[C@@H](C(=O)NCCc1nc2ccccc2[nH]1)n1cccc1. The van der Waals surface area contributed by atoms with Gasteiger partial charge in [-0.2, -0.15) is 0 Å². The number of carbonyl (C=O) groups excluding carboxylic acids is 1. The number of benzene rings is 1. The molecule has 0 saturated heterocycles. The fourth-order valence-electron chi connectivity index (χ4n) is 2.91. The van der Waals surface area contributed by atoms with E-state index in [9.17, 15) is 4.79 Å². The number of nitrogens with one attached hydrogen (secondary N) is 2. The molecule has 2 aromatic heterocycles. The number of aromatic nitrogens is 3. The molecule has 24 heavy (non-hydrogen) atoms. The molecule has 0 aliphatic heterocycles. The largest absolute Gasteiger partial charge is 0.354 e. The molecule has 2 heterocycles. The predicted octanol–water partition coefficient (Wildman–Crippen LogP) is 3.31. The van der Waals surface area contributed by atoms with Gasteiger partial charge in [0.2, 0.25) is 5.91 Å². The topological polar surface area (TPSA) is 62.7 Å². The van der Waals surface area contributed by atoms with Crippen molar-refractivity contribution >= 4 is 16.9 Å². The molecule has 0 unspecified atom stereocenters. The van der Waals surface area contributed by atoms with Crippen LogP contribution >= 0.6 is 0 Å². The molecule has 2 N–H and O–H groups in total. The Hall–Kier alpha value is -2.56. The summed E-state index contributed by atoms with van der Waals surface area (Å²) in [5.74, 6) is 1.42. The second-order valence-electron chi connectivity index (χ2n) is 6.52. The molecule has 5 heteroatoms. The van der Waals surface area contributed by atoms with Crippen molar-refractivity contribution in [3.05, 3.63) is 54.6 Å². The van der Waals surface area contributed by atoms with E-state index in [1.807, 2.05) is 53.4 Å². The van der Waals surface area contributed by atoms with Crippen molar-refractivity contribution in [1.82, 2.24) is 19.9 Å². The van der Waals surface area contributed by atoms with E-state index < -0.39 is 0 Å². The maximum Gasteiger partial charge on any atom is 0.243 e. The standard InChI is InChI=1S/C19H24N4O/c1-14(2)13-17(23-11-5-6-12-23)19(24)20-10-9-18-21-15-7-3-4-8-16(15)22-18/h3-8,11-12,14,17H,9-10,13H2,1-2H3,(H,20,24)(H,21,22)/t17-/m0/s1. The summed E-state index contributed by atoms with van der Waals surface area (Å²) >= 11 is 0. The van der Waals surface area contributed by atoms with Gasteiger partial charge in [-0.05, 0) is 36.6 Å². The van der Waals surface area contributed by atoms with Crippen LogP contribution in [0.2, 0.25) is 0 Å². The summed E-state index contributed by atoms with van der Waals surface area (Å²) in [6.45, 7) is 4.85. The highest BCUT2D eigenvalue weighted by Gasteiger charge is 2.20. The fourth-order valence-corrected chi connectivity index (χ4v) is 2.91. The number of hydrogen-bond acceptors (Lipinski definition) is 2. The molecule has 0 radical (unpaired) electrons. The summed E-state index contributed by atoms with van der Waals surface area (Å²) in [5.41, 5.74) is 1.99. The van der Waals surface area contributed by atoms with Gasteiger partial charge in [-0.3, -0.25) is 4.79 Å². The highest BCUT2D eigenvalue weighted by atomic mass is 16.2. The number of imidazole rings is 1. The van der Waals surface area contributed by atoms with Crippen LogP contribution in [0.25, 0.3) is 11.0 Å². The first-order chi connectivity index (χ1) is 11.6. The lowest BCUT2D eigenvalue weighted by Gasteiger charge is -2.20. The van der Waals surface area contributed by atoms with Crippen molar-refractivity contribution in [1.29, 1.82) is 0 Å². The van der Waals surface area contributed by atoms with Gasteiger partial charge in [-0.15, -0.1) is 0 Å². The third-order valence-electron chi connectivity index (χ3n) is 4.08. The number of para-hydroxylation sites is 2. The molecule has 1 atom stereocenters. The molecule has 0 saturated carbocycles. The van der Waals surface area contributed by atoms with Crippen LogP contribution in [0.15, 0.2) is 48.8 Å². The van der Waals surface area contributed by atoms with Crippen LogP contribution in [0.3, 0.4) is 0 Å². The van der Waals surface area contributed by atoms with Gasteiger partial charge < -0.3 is 14.9 Å². The second kappa shape index (κ2) is 7.34. The van der Waals surface area contributed by atoms with Crippen molar-refractivity contribution in [2.45, 2.75) is 32.7 Å². The molecule has 126 valence electrons.